The van der Waals surface area contributed by atoms with Crippen molar-refractivity contribution in [2.24, 2.45) is 0 Å². The second-order valence-electron chi connectivity index (χ2n) is 4.26. The lowest BCUT2D eigenvalue weighted by Gasteiger charge is -2.25. The number of carbonyl (C=O) groups is 1. The van der Waals surface area contributed by atoms with E-state index >= 15 is 0 Å². The number of halogens is 1. The van der Waals surface area contributed by atoms with Gasteiger partial charge in [-0.05, 0) is 44.1 Å². The van der Waals surface area contributed by atoms with Gasteiger partial charge in [-0.25, -0.2) is 0 Å². The Balaban J connectivity index is 2.07. The van der Waals surface area contributed by atoms with Gasteiger partial charge in [0.2, 0.25) is 0 Å². The summed E-state index contributed by atoms with van der Waals surface area (Å²) in [6.45, 7) is 3.61. The Morgan fingerprint density at radius 1 is 1.24 bits per heavy atom. The van der Waals surface area contributed by atoms with Crippen molar-refractivity contribution in [3.8, 4) is 0 Å². The normalized spacial score (nSPS) is 17.4. The number of hydrogen-bond donors (Lipinski definition) is 1. The van der Waals surface area contributed by atoms with E-state index in [1.165, 1.54) is 0 Å². The van der Waals surface area contributed by atoms with Crippen LogP contribution in [-0.2, 0) is 0 Å². The van der Waals surface area contributed by atoms with Crippen molar-refractivity contribution < 1.29 is 4.79 Å². The molecule has 0 radical (unpaired) electrons. The fourth-order valence-electron chi connectivity index (χ4n) is 2.03. The summed E-state index contributed by atoms with van der Waals surface area (Å²) in [7, 11) is 0. The number of nitrogens with zero attached hydrogens (tertiary/aromatic N) is 1. The summed E-state index contributed by atoms with van der Waals surface area (Å²) < 4.78 is 0. The number of nitrogens with one attached hydrogen (secondary N) is 1. The number of benzene rings is 1. The molecule has 0 bridgehead atoms. The SMILES string of the molecule is O=C(c1cccc(Cl)c1)N1CCCNCCC1. The third kappa shape index (κ3) is 3.45. The van der Waals surface area contributed by atoms with Gasteiger partial charge in [0.1, 0.15) is 0 Å². The third-order valence-electron chi connectivity index (χ3n) is 2.92. The zero-order valence-corrected chi connectivity index (χ0v) is 10.5. The van der Waals surface area contributed by atoms with Crippen LogP contribution in [0.5, 0.6) is 0 Å². The molecule has 1 fully saturated rings. The Kier molecular flexibility index (Phi) is 4.40. The maximum Gasteiger partial charge on any atom is 0.253 e. The first-order valence-electron chi connectivity index (χ1n) is 6.03. The first kappa shape index (κ1) is 12.4. The van der Waals surface area contributed by atoms with Crippen LogP contribution in [0, 0.1) is 0 Å². The van der Waals surface area contributed by atoms with Crippen LogP contribution in [0.1, 0.15) is 23.2 Å². The Hall–Kier alpha value is -1.06. The lowest BCUT2D eigenvalue weighted by Crippen LogP contribution is -2.38. The fraction of sp³-hybridized carbons (Fsp3) is 0.462. The van der Waals surface area contributed by atoms with E-state index in [9.17, 15) is 4.79 Å². The first-order valence-corrected chi connectivity index (χ1v) is 6.41. The van der Waals surface area contributed by atoms with Crippen molar-refractivity contribution in [3.05, 3.63) is 34.9 Å². The van der Waals surface area contributed by atoms with E-state index in [1.807, 2.05) is 17.0 Å². The van der Waals surface area contributed by atoms with E-state index in [1.54, 1.807) is 12.1 Å². The zero-order chi connectivity index (χ0) is 12.1. The van der Waals surface area contributed by atoms with Gasteiger partial charge in [-0.15, -0.1) is 0 Å². The second-order valence-corrected chi connectivity index (χ2v) is 4.70. The highest BCUT2D eigenvalue weighted by Gasteiger charge is 2.16. The summed E-state index contributed by atoms with van der Waals surface area (Å²) in [5.41, 5.74) is 0.686. The average Bonchev–Trinajstić information content (AvgIpc) is 2.28. The molecule has 1 N–H and O–H groups in total. The molecule has 4 heteroatoms. The van der Waals surface area contributed by atoms with Crippen LogP contribution in [0.2, 0.25) is 5.02 Å². The number of rotatable bonds is 1. The largest absolute Gasteiger partial charge is 0.339 e. The number of amides is 1. The fourth-order valence-corrected chi connectivity index (χ4v) is 2.22. The Bertz CT molecular complexity index is 387. The lowest BCUT2D eigenvalue weighted by atomic mass is 10.1. The molecule has 3 nitrogen and oxygen atoms in total. The minimum atomic E-state index is 0.0920. The van der Waals surface area contributed by atoms with Gasteiger partial charge in [0.25, 0.3) is 5.91 Å². The number of carbonyl (C=O) groups excluding carboxylic acids is 1. The minimum Gasteiger partial charge on any atom is -0.339 e. The molecule has 0 aromatic heterocycles. The molecule has 1 aliphatic rings. The van der Waals surface area contributed by atoms with E-state index in [-0.39, 0.29) is 5.91 Å². The molecule has 1 amide bonds. The molecule has 1 heterocycles. The standard InChI is InChI=1S/C13H17ClN2O/c14-12-5-1-4-11(10-12)13(17)16-8-2-6-15-7-3-9-16/h1,4-5,10,15H,2-3,6-9H2. The molecular formula is C13H17ClN2O. The first-order chi connectivity index (χ1) is 8.27. The molecule has 0 atom stereocenters. The summed E-state index contributed by atoms with van der Waals surface area (Å²) in [5, 5.41) is 3.95. The molecule has 0 aliphatic carbocycles. The second kappa shape index (κ2) is 6.03. The Morgan fingerprint density at radius 2 is 1.94 bits per heavy atom. The van der Waals surface area contributed by atoms with Crippen molar-refractivity contribution in [1.82, 2.24) is 10.2 Å². The molecule has 1 aromatic carbocycles. The summed E-state index contributed by atoms with van der Waals surface area (Å²) in [4.78, 5) is 14.2. The Labute approximate surface area is 107 Å². The van der Waals surface area contributed by atoms with Gasteiger partial charge < -0.3 is 10.2 Å². The van der Waals surface area contributed by atoms with Gasteiger partial charge in [0, 0.05) is 23.7 Å². The quantitative estimate of drug-likeness (QED) is 0.831. The summed E-state index contributed by atoms with van der Waals surface area (Å²) >= 11 is 5.91. The van der Waals surface area contributed by atoms with Crippen LogP contribution in [0.25, 0.3) is 0 Å². The van der Waals surface area contributed by atoms with E-state index in [2.05, 4.69) is 5.32 Å². The maximum absolute atomic E-state index is 12.3. The van der Waals surface area contributed by atoms with Crippen LogP contribution in [-0.4, -0.2) is 37.0 Å². The predicted octanol–water partition coefficient (Wildman–Crippen LogP) is 2.17. The van der Waals surface area contributed by atoms with Gasteiger partial charge in [-0.3, -0.25) is 4.79 Å². The van der Waals surface area contributed by atoms with E-state index < -0.39 is 0 Å². The number of hydrogen-bond acceptors (Lipinski definition) is 2. The molecular weight excluding hydrogens is 236 g/mol. The van der Waals surface area contributed by atoms with Crippen molar-refractivity contribution in [2.75, 3.05) is 26.2 Å². The third-order valence-corrected chi connectivity index (χ3v) is 3.16. The predicted molar refractivity (Wildman–Crippen MR) is 69.5 cm³/mol. The molecule has 92 valence electrons. The van der Waals surface area contributed by atoms with Gasteiger partial charge >= 0.3 is 0 Å². The van der Waals surface area contributed by atoms with Crippen LogP contribution in [0.3, 0.4) is 0 Å². The molecule has 0 saturated carbocycles. The zero-order valence-electron chi connectivity index (χ0n) is 9.79. The van der Waals surface area contributed by atoms with E-state index in [0.717, 1.165) is 39.0 Å². The topological polar surface area (TPSA) is 32.3 Å². The highest BCUT2D eigenvalue weighted by Crippen LogP contribution is 2.13. The monoisotopic (exact) mass is 252 g/mol. The molecule has 1 aliphatic heterocycles. The molecule has 1 saturated heterocycles. The van der Waals surface area contributed by atoms with Gasteiger partial charge in [-0.2, -0.15) is 0 Å². The van der Waals surface area contributed by atoms with Crippen molar-refractivity contribution in [2.45, 2.75) is 12.8 Å². The van der Waals surface area contributed by atoms with Crippen molar-refractivity contribution in [3.63, 3.8) is 0 Å². The highest BCUT2D eigenvalue weighted by molar-refractivity contribution is 6.30. The highest BCUT2D eigenvalue weighted by atomic mass is 35.5. The van der Waals surface area contributed by atoms with Crippen LogP contribution in [0.4, 0.5) is 0 Å². The Morgan fingerprint density at radius 3 is 2.59 bits per heavy atom. The van der Waals surface area contributed by atoms with Gasteiger partial charge in [-0.1, -0.05) is 17.7 Å². The van der Waals surface area contributed by atoms with Gasteiger partial charge in [0.15, 0.2) is 0 Å². The summed E-state index contributed by atoms with van der Waals surface area (Å²) in [5.74, 6) is 0.0920. The summed E-state index contributed by atoms with van der Waals surface area (Å²) in [6.07, 6.45) is 2.01. The van der Waals surface area contributed by atoms with Crippen LogP contribution in [0.15, 0.2) is 24.3 Å². The van der Waals surface area contributed by atoms with Crippen LogP contribution >= 0.6 is 11.6 Å². The maximum atomic E-state index is 12.3. The van der Waals surface area contributed by atoms with Crippen molar-refractivity contribution >= 4 is 17.5 Å². The summed E-state index contributed by atoms with van der Waals surface area (Å²) in [6, 6.07) is 7.17. The van der Waals surface area contributed by atoms with E-state index in [0.29, 0.717) is 10.6 Å². The molecule has 0 spiro atoms. The molecule has 17 heavy (non-hydrogen) atoms. The molecule has 2 rings (SSSR count). The minimum absolute atomic E-state index is 0.0920. The molecule has 1 aromatic rings. The average molecular weight is 253 g/mol. The molecule has 0 unspecified atom stereocenters. The smallest absolute Gasteiger partial charge is 0.253 e. The van der Waals surface area contributed by atoms with Gasteiger partial charge in [0.05, 0.1) is 0 Å². The lowest BCUT2D eigenvalue weighted by molar-refractivity contribution is 0.0745. The van der Waals surface area contributed by atoms with Crippen molar-refractivity contribution in [1.29, 1.82) is 0 Å². The van der Waals surface area contributed by atoms with E-state index in [4.69, 9.17) is 11.6 Å². The van der Waals surface area contributed by atoms with Crippen LogP contribution < -0.4 is 5.32 Å².